The molecule has 0 unspecified atom stereocenters. The van der Waals surface area contributed by atoms with Gasteiger partial charge in [0, 0.05) is 6.92 Å². The van der Waals surface area contributed by atoms with Gasteiger partial charge in [-0.1, -0.05) is 18.2 Å². The summed E-state index contributed by atoms with van der Waals surface area (Å²) in [6.45, 7) is 1.67. The second-order valence-electron chi connectivity index (χ2n) is 5.96. The number of cyclic esters (lactones) is 2. The van der Waals surface area contributed by atoms with E-state index in [4.69, 9.17) is 9.47 Å². The van der Waals surface area contributed by atoms with Crippen LogP contribution in [-0.2, 0) is 23.9 Å². The normalized spacial score (nSPS) is 43.4. The monoisotopic (exact) mass is 274 g/mol. The summed E-state index contributed by atoms with van der Waals surface area (Å²) in [4.78, 5) is 34.6. The third-order valence-electron chi connectivity index (χ3n) is 5.07. The van der Waals surface area contributed by atoms with E-state index in [1.807, 2.05) is 12.2 Å². The van der Waals surface area contributed by atoms with Crippen LogP contribution >= 0.6 is 0 Å². The summed E-state index contributed by atoms with van der Waals surface area (Å²) >= 11 is 0. The van der Waals surface area contributed by atoms with E-state index in [9.17, 15) is 14.4 Å². The van der Waals surface area contributed by atoms with Crippen molar-refractivity contribution in [2.45, 2.75) is 6.92 Å². The first kappa shape index (κ1) is 11.9. The van der Waals surface area contributed by atoms with Crippen LogP contribution in [0.15, 0.2) is 23.8 Å². The molecule has 2 fully saturated rings. The maximum Gasteiger partial charge on any atom is 0.318 e. The molecule has 1 saturated heterocycles. The zero-order valence-corrected chi connectivity index (χ0v) is 10.9. The highest BCUT2D eigenvalue weighted by Crippen LogP contribution is 2.60. The Morgan fingerprint density at radius 1 is 1.10 bits per heavy atom. The van der Waals surface area contributed by atoms with E-state index in [2.05, 4.69) is 6.08 Å². The van der Waals surface area contributed by atoms with Crippen LogP contribution in [0.25, 0.3) is 0 Å². The Morgan fingerprint density at radius 3 is 2.45 bits per heavy atom. The maximum atomic E-state index is 11.9. The van der Waals surface area contributed by atoms with Gasteiger partial charge in [0.2, 0.25) is 0 Å². The van der Waals surface area contributed by atoms with Crippen LogP contribution in [0.2, 0.25) is 0 Å². The van der Waals surface area contributed by atoms with Crippen molar-refractivity contribution in [2.24, 2.45) is 35.5 Å². The molecule has 5 nitrogen and oxygen atoms in total. The standard InChI is InChI=1S/C15H14O5/c1-6(16)19-5-7-4-10-8-2-3-9(11(7)10)13-12(8)14(17)20-15(13)18/h2-4,8-13H,5H2,1H3/t8-,9-,10+,11-,12+,13+/m0/s1. The number of carbonyl (C=O) groups excluding carboxylic acids is 3. The van der Waals surface area contributed by atoms with Crippen LogP contribution < -0.4 is 0 Å². The van der Waals surface area contributed by atoms with Gasteiger partial charge in [-0.25, -0.2) is 0 Å². The fraction of sp³-hybridized carbons (Fsp3) is 0.533. The quantitative estimate of drug-likeness (QED) is 0.424. The van der Waals surface area contributed by atoms with Crippen molar-refractivity contribution in [1.29, 1.82) is 0 Å². The predicted molar refractivity (Wildman–Crippen MR) is 65.9 cm³/mol. The van der Waals surface area contributed by atoms with Crippen LogP contribution in [0.5, 0.6) is 0 Å². The number of allylic oxidation sites excluding steroid dienone is 3. The number of hydrogen-bond donors (Lipinski definition) is 0. The lowest BCUT2D eigenvalue weighted by Crippen LogP contribution is -2.53. The molecule has 104 valence electrons. The average Bonchev–Trinajstić information content (AvgIpc) is 2.66. The minimum absolute atomic E-state index is 0.00417. The van der Waals surface area contributed by atoms with Crippen LogP contribution in [0.1, 0.15) is 6.92 Å². The molecule has 1 aliphatic heterocycles. The molecule has 0 spiro atoms. The summed E-state index contributed by atoms with van der Waals surface area (Å²) in [5, 5.41) is 0. The average molecular weight is 274 g/mol. The van der Waals surface area contributed by atoms with Gasteiger partial charge in [-0.05, 0) is 29.2 Å². The summed E-state index contributed by atoms with van der Waals surface area (Å²) in [5.41, 5.74) is 1.06. The zero-order valence-electron chi connectivity index (χ0n) is 10.9. The number of ether oxygens (including phenoxy) is 2. The Morgan fingerprint density at radius 2 is 1.75 bits per heavy atom. The van der Waals surface area contributed by atoms with Gasteiger partial charge >= 0.3 is 17.9 Å². The van der Waals surface area contributed by atoms with Gasteiger partial charge in [0.05, 0.1) is 11.8 Å². The molecule has 0 aromatic rings. The second kappa shape index (κ2) is 3.81. The molecule has 20 heavy (non-hydrogen) atoms. The summed E-state index contributed by atoms with van der Waals surface area (Å²) in [5.74, 6) is -1.20. The van der Waals surface area contributed by atoms with Gasteiger partial charge in [-0.2, -0.15) is 0 Å². The highest BCUT2D eigenvalue weighted by molar-refractivity contribution is 5.98. The van der Waals surface area contributed by atoms with Crippen molar-refractivity contribution in [3.05, 3.63) is 23.8 Å². The minimum Gasteiger partial charge on any atom is -0.461 e. The zero-order chi connectivity index (χ0) is 14.0. The topological polar surface area (TPSA) is 69.7 Å². The number of esters is 3. The molecule has 1 heterocycles. The van der Waals surface area contributed by atoms with Gasteiger partial charge in [-0.15, -0.1) is 0 Å². The number of hydrogen-bond acceptors (Lipinski definition) is 5. The highest BCUT2D eigenvalue weighted by Gasteiger charge is 2.63. The highest BCUT2D eigenvalue weighted by atomic mass is 16.6. The van der Waals surface area contributed by atoms with Crippen LogP contribution in [0.3, 0.4) is 0 Å². The molecule has 5 rings (SSSR count). The van der Waals surface area contributed by atoms with Crippen molar-refractivity contribution in [1.82, 2.24) is 0 Å². The van der Waals surface area contributed by atoms with E-state index in [1.54, 1.807) is 0 Å². The van der Waals surface area contributed by atoms with Crippen molar-refractivity contribution in [3.63, 3.8) is 0 Å². The molecule has 4 aliphatic carbocycles. The first-order valence-electron chi connectivity index (χ1n) is 6.86. The molecule has 0 amide bonds. The second-order valence-corrected chi connectivity index (χ2v) is 5.96. The Kier molecular flexibility index (Phi) is 2.26. The maximum absolute atomic E-state index is 11.9. The molecule has 1 saturated carbocycles. The molecule has 2 bridgehead atoms. The molecule has 5 aliphatic rings. The molecule has 0 aromatic carbocycles. The molecular weight excluding hydrogens is 260 g/mol. The van der Waals surface area contributed by atoms with E-state index < -0.39 is 5.97 Å². The van der Waals surface area contributed by atoms with E-state index >= 15 is 0 Å². The number of rotatable bonds is 2. The smallest absolute Gasteiger partial charge is 0.318 e. The molecular formula is C15H14O5. The minimum atomic E-state index is -0.392. The first-order valence-corrected chi connectivity index (χ1v) is 6.86. The lowest BCUT2D eigenvalue weighted by atomic mass is 9.48. The molecule has 0 radical (unpaired) electrons. The van der Waals surface area contributed by atoms with E-state index in [1.165, 1.54) is 6.92 Å². The first-order chi connectivity index (χ1) is 9.58. The van der Waals surface area contributed by atoms with E-state index in [-0.39, 0.29) is 54.1 Å². The third-order valence-corrected chi connectivity index (χ3v) is 5.07. The van der Waals surface area contributed by atoms with Gasteiger partial charge in [0.25, 0.3) is 0 Å². The third kappa shape index (κ3) is 1.35. The lowest BCUT2D eigenvalue weighted by Gasteiger charge is -2.53. The van der Waals surface area contributed by atoms with Crippen molar-refractivity contribution >= 4 is 17.9 Å². The molecule has 0 aromatic heterocycles. The fourth-order valence-electron chi connectivity index (χ4n) is 4.30. The number of carbonyl (C=O) groups is 3. The van der Waals surface area contributed by atoms with Crippen LogP contribution in [-0.4, -0.2) is 24.5 Å². The Balaban J connectivity index is 1.63. The Hall–Kier alpha value is -1.91. The van der Waals surface area contributed by atoms with E-state index in [0.717, 1.165) is 5.57 Å². The Bertz CT molecular complexity index is 587. The predicted octanol–water partition coefficient (Wildman–Crippen LogP) is 0.853. The molecule has 5 heteroatoms. The SMILES string of the molecule is CC(=O)OCC1=C[C@@H]2[C@@H]3C=C[C@@H]([C@H]12)[C@H]1C(=O)OC(=O)[C@H]31. The summed E-state index contributed by atoms with van der Waals surface area (Å²) in [6.07, 6.45) is 6.17. The van der Waals surface area contributed by atoms with Crippen molar-refractivity contribution in [2.75, 3.05) is 6.61 Å². The summed E-state index contributed by atoms with van der Waals surface area (Å²) in [7, 11) is 0. The van der Waals surface area contributed by atoms with Gasteiger partial charge in [0.15, 0.2) is 0 Å². The fourth-order valence-corrected chi connectivity index (χ4v) is 4.30. The summed E-state index contributed by atoms with van der Waals surface area (Å²) < 4.78 is 9.87. The van der Waals surface area contributed by atoms with E-state index in [0.29, 0.717) is 0 Å². The van der Waals surface area contributed by atoms with Crippen molar-refractivity contribution in [3.8, 4) is 0 Å². The van der Waals surface area contributed by atoms with Crippen molar-refractivity contribution < 1.29 is 23.9 Å². The van der Waals surface area contributed by atoms with Crippen LogP contribution in [0, 0.1) is 35.5 Å². The van der Waals surface area contributed by atoms with Gasteiger partial charge in [0.1, 0.15) is 6.61 Å². The Labute approximate surface area is 115 Å². The lowest BCUT2D eigenvalue weighted by molar-refractivity contribution is -0.154. The summed E-state index contributed by atoms with van der Waals surface area (Å²) in [6, 6.07) is 0. The van der Waals surface area contributed by atoms with Gasteiger partial charge < -0.3 is 9.47 Å². The largest absolute Gasteiger partial charge is 0.461 e. The molecule has 6 atom stereocenters. The van der Waals surface area contributed by atoms with Gasteiger partial charge in [-0.3, -0.25) is 14.4 Å². The van der Waals surface area contributed by atoms with Crippen LogP contribution in [0.4, 0.5) is 0 Å². The molecule has 0 N–H and O–H groups in total.